The summed E-state index contributed by atoms with van der Waals surface area (Å²) in [5.74, 6) is 0.593. The van der Waals surface area contributed by atoms with Crippen LogP contribution in [0.2, 0.25) is 0 Å². The number of thioether (sulfide) groups is 1. The van der Waals surface area contributed by atoms with Crippen LogP contribution in [0, 0.1) is 20.8 Å². The van der Waals surface area contributed by atoms with Gasteiger partial charge in [0.1, 0.15) is 0 Å². The zero-order valence-corrected chi connectivity index (χ0v) is 19.4. The van der Waals surface area contributed by atoms with Crippen LogP contribution in [0.15, 0.2) is 59.1 Å². The van der Waals surface area contributed by atoms with Gasteiger partial charge in [-0.15, -0.1) is 11.3 Å². The first kappa shape index (κ1) is 21.3. The number of hydrogen-bond donors (Lipinski definition) is 2. The summed E-state index contributed by atoms with van der Waals surface area (Å²) in [6.45, 7) is 6.07. The molecule has 2 aromatic carbocycles. The Kier molecular flexibility index (Phi) is 6.53. The van der Waals surface area contributed by atoms with E-state index >= 15 is 0 Å². The van der Waals surface area contributed by atoms with Gasteiger partial charge in [-0.3, -0.25) is 4.79 Å². The van der Waals surface area contributed by atoms with Crippen molar-refractivity contribution in [3.8, 4) is 22.5 Å². The highest BCUT2D eigenvalue weighted by atomic mass is 32.2. The van der Waals surface area contributed by atoms with Crippen molar-refractivity contribution in [1.82, 2.24) is 15.0 Å². The van der Waals surface area contributed by atoms with Crippen LogP contribution in [0.25, 0.3) is 22.5 Å². The van der Waals surface area contributed by atoms with Gasteiger partial charge in [0.2, 0.25) is 5.91 Å². The van der Waals surface area contributed by atoms with Crippen LogP contribution in [0.3, 0.4) is 0 Å². The van der Waals surface area contributed by atoms with Gasteiger partial charge in [-0.25, -0.2) is 9.97 Å². The number of thiazole rings is 1. The van der Waals surface area contributed by atoms with E-state index in [2.05, 4.69) is 77.7 Å². The molecular formula is C24H24N4OS2. The standard InChI is InChI=1S/C24H24N4OS2/c1-15-4-8-18(9-5-15)21-22(19-10-6-16(2)7-11-19)28-24(27-21)30-13-12-20(29)26-23-25-17(3)14-31-23/h4-11,14H,12-13H2,1-3H3,(H,27,28)(H,25,26,29). The topological polar surface area (TPSA) is 70.7 Å². The molecule has 0 aliphatic rings. The normalized spacial score (nSPS) is 10.9. The molecule has 7 heteroatoms. The Bertz CT molecular complexity index is 1110. The van der Waals surface area contributed by atoms with E-state index in [1.54, 1.807) is 11.8 Å². The number of nitrogens with zero attached hydrogens (tertiary/aromatic N) is 2. The highest BCUT2D eigenvalue weighted by Gasteiger charge is 2.15. The lowest BCUT2D eigenvalue weighted by Crippen LogP contribution is -2.12. The molecule has 31 heavy (non-hydrogen) atoms. The molecule has 4 rings (SSSR count). The Labute approximate surface area is 190 Å². The fraction of sp³-hybridized carbons (Fsp3) is 0.208. The summed E-state index contributed by atoms with van der Waals surface area (Å²) in [4.78, 5) is 24.8. The molecule has 2 aromatic heterocycles. The van der Waals surface area contributed by atoms with E-state index in [9.17, 15) is 4.79 Å². The summed E-state index contributed by atoms with van der Waals surface area (Å²) in [6, 6.07) is 16.8. The van der Waals surface area contributed by atoms with Crippen molar-refractivity contribution in [2.24, 2.45) is 0 Å². The van der Waals surface area contributed by atoms with Gasteiger partial charge < -0.3 is 10.3 Å². The van der Waals surface area contributed by atoms with Crippen LogP contribution in [0.5, 0.6) is 0 Å². The molecule has 0 fully saturated rings. The van der Waals surface area contributed by atoms with Gasteiger partial charge in [0.25, 0.3) is 0 Å². The van der Waals surface area contributed by atoms with E-state index in [0.29, 0.717) is 17.3 Å². The number of aromatic amines is 1. The molecule has 0 aliphatic heterocycles. The quantitative estimate of drug-likeness (QED) is 0.328. The van der Waals surface area contributed by atoms with Crippen molar-refractivity contribution in [3.05, 3.63) is 70.7 Å². The minimum atomic E-state index is -0.0362. The van der Waals surface area contributed by atoms with Crippen LogP contribution < -0.4 is 5.32 Å². The second-order valence-electron chi connectivity index (χ2n) is 7.44. The summed E-state index contributed by atoms with van der Waals surface area (Å²) in [7, 11) is 0. The number of hydrogen-bond acceptors (Lipinski definition) is 5. The number of aromatic nitrogens is 3. The number of benzene rings is 2. The smallest absolute Gasteiger partial charge is 0.226 e. The SMILES string of the molecule is Cc1ccc(-c2nc(SCCC(=O)Nc3nc(C)cs3)[nH]c2-c2ccc(C)cc2)cc1. The number of amides is 1. The van der Waals surface area contributed by atoms with E-state index < -0.39 is 0 Å². The summed E-state index contributed by atoms with van der Waals surface area (Å²) in [5, 5.41) is 6.23. The fourth-order valence-electron chi connectivity index (χ4n) is 3.10. The molecule has 0 bridgehead atoms. The summed E-state index contributed by atoms with van der Waals surface area (Å²) < 4.78 is 0. The molecular weight excluding hydrogens is 424 g/mol. The van der Waals surface area contributed by atoms with Crippen LogP contribution in [0.1, 0.15) is 23.2 Å². The lowest BCUT2D eigenvalue weighted by Gasteiger charge is -2.04. The first-order valence-electron chi connectivity index (χ1n) is 10.1. The fourth-order valence-corrected chi connectivity index (χ4v) is 4.62. The molecule has 5 nitrogen and oxygen atoms in total. The predicted molar refractivity (Wildman–Crippen MR) is 130 cm³/mol. The first-order valence-corrected chi connectivity index (χ1v) is 11.9. The van der Waals surface area contributed by atoms with Gasteiger partial charge in [-0.2, -0.15) is 0 Å². The van der Waals surface area contributed by atoms with Crippen molar-refractivity contribution in [2.45, 2.75) is 32.3 Å². The lowest BCUT2D eigenvalue weighted by atomic mass is 10.0. The predicted octanol–water partition coefficient (Wildman–Crippen LogP) is 6.25. The Morgan fingerprint density at radius 1 is 0.968 bits per heavy atom. The van der Waals surface area contributed by atoms with Crippen molar-refractivity contribution in [3.63, 3.8) is 0 Å². The van der Waals surface area contributed by atoms with Crippen molar-refractivity contribution >= 4 is 34.1 Å². The van der Waals surface area contributed by atoms with Gasteiger partial charge in [-0.05, 0) is 20.8 Å². The maximum Gasteiger partial charge on any atom is 0.226 e. The number of H-pyrrole nitrogens is 1. The third kappa shape index (κ3) is 5.42. The average Bonchev–Trinajstić information content (AvgIpc) is 3.35. The number of carbonyl (C=O) groups excluding carboxylic acids is 1. The van der Waals surface area contributed by atoms with E-state index in [1.807, 2.05) is 12.3 Å². The van der Waals surface area contributed by atoms with Crippen molar-refractivity contribution in [1.29, 1.82) is 0 Å². The molecule has 0 spiro atoms. The molecule has 0 atom stereocenters. The van der Waals surface area contributed by atoms with Crippen LogP contribution in [-0.4, -0.2) is 26.6 Å². The Morgan fingerprint density at radius 2 is 1.61 bits per heavy atom. The van der Waals surface area contributed by atoms with E-state index in [0.717, 1.165) is 33.4 Å². The number of nitrogens with one attached hydrogen (secondary N) is 2. The van der Waals surface area contributed by atoms with Crippen molar-refractivity contribution < 1.29 is 4.79 Å². The Hall–Kier alpha value is -2.90. The van der Waals surface area contributed by atoms with Crippen LogP contribution >= 0.6 is 23.1 Å². The maximum atomic E-state index is 12.2. The monoisotopic (exact) mass is 448 g/mol. The third-order valence-corrected chi connectivity index (χ3v) is 6.53. The van der Waals surface area contributed by atoms with Gasteiger partial charge in [-0.1, -0.05) is 71.4 Å². The van der Waals surface area contributed by atoms with Crippen molar-refractivity contribution in [2.75, 3.05) is 11.1 Å². The highest BCUT2D eigenvalue weighted by molar-refractivity contribution is 7.99. The number of anilines is 1. The molecule has 0 saturated carbocycles. The lowest BCUT2D eigenvalue weighted by molar-refractivity contribution is -0.115. The number of aryl methyl sites for hydroxylation is 3. The molecule has 158 valence electrons. The van der Waals surface area contributed by atoms with Gasteiger partial charge >= 0.3 is 0 Å². The minimum Gasteiger partial charge on any atom is -0.332 e. The Morgan fingerprint density at radius 3 is 2.23 bits per heavy atom. The van der Waals surface area contributed by atoms with Gasteiger partial charge in [0.05, 0.1) is 17.1 Å². The molecule has 0 radical (unpaired) electrons. The van der Waals surface area contributed by atoms with Gasteiger partial charge in [0, 0.05) is 28.7 Å². The molecule has 4 aromatic rings. The molecule has 1 amide bonds. The van der Waals surface area contributed by atoms with Gasteiger partial charge in [0.15, 0.2) is 10.3 Å². The highest BCUT2D eigenvalue weighted by Crippen LogP contribution is 2.33. The second kappa shape index (κ2) is 9.49. The zero-order valence-electron chi connectivity index (χ0n) is 17.7. The van der Waals surface area contributed by atoms with Crippen LogP contribution in [-0.2, 0) is 4.79 Å². The molecule has 0 unspecified atom stereocenters. The minimum absolute atomic E-state index is 0.0362. The summed E-state index contributed by atoms with van der Waals surface area (Å²) >= 11 is 2.99. The number of rotatable bonds is 7. The largest absolute Gasteiger partial charge is 0.332 e. The number of imidazole rings is 1. The molecule has 0 aliphatic carbocycles. The summed E-state index contributed by atoms with van der Waals surface area (Å²) in [6.07, 6.45) is 0.393. The Balaban J connectivity index is 1.50. The zero-order chi connectivity index (χ0) is 21.8. The third-order valence-electron chi connectivity index (χ3n) is 4.78. The van der Waals surface area contributed by atoms with E-state index in [-0.39, 0.29) is 5.91 Å². The number of carbonyl (C=O) groups is 1. The second-order valence-corrected chi connectivity index (χ2v) is 9.38. The average molecular weight is 449 g/mol. The molecule has 2 heterocycles. The van der Waals surface area contributed by atoms with Crippen LogP contribution in [0.4, 0.5) is 5.13 Å². The van der Waals surface area contributed by atoms with E-state index in [1.165, 1.54) is 22.5 Å². The first-order chi connectivity index (χ1) is 15.0. The maximum absolute atomic E-state index is 12.2. The molecule has 0 saturated heterocycles. The summed E-state index contributed by atoms with van der Waals surface area (Å²) in [5.41, 5.74) is 7.43. The molecule has 2 N–H and O–H groups in total. The van der Waals surface area contributed by atoms with E-state index in [4.69, 9.17) is 4.98 Å².